The van der Waals surface area contributed by atoms with E-state index in [2.05, 4.69) is 4.98 Å². The summed E-state index contributed by atoms with van der Waals surface area (Å²) in [6.07, 6.45) is -2.78. The van der Waals surface area contributed by atoms with Crippen LogP contribution in [-0.4, -0.2) is 4.98 Å². The van der Waals surface area contributed by atoms with Crippen molar-refractivity contribution in [1.29, 1.82) is 0 Å². The SMILES string of the molecule is Nc1ccc(SCc2cccc(C(F)(F)F)c2)nc1. The minimum atomic E-state index is -4.31. The third kappa shape index (κ3) is 3.89. The quantitative estimate of drug-likeness (QED) is 0.867. The number of aromatic nitrogens is 1. The standard InChI is InChI=1S/C13H11F3N2S/c14-13(15,16)10-3-1-2-9(6-10)8-19-12-5-4-11(17)7-18-12/h1-7H,8,17H2. The first-order chi connectivity index (χ1) is 8.95. The van der Waals surface area contributed by atoms with Crippen molar-refractivity contribution in [1.82, 2.24) is 4.98 Å². The summed E-state index contributed by atoms with van der Waals surface area (Å²) in [5.74, 6) is 0.431. The molecule has 0 atom stereocenters. The summed E-state index contributed by atoms with van der Waals surface area (Å²) in [5, 5.41) is 0.728. The number of alkyl halides is 3. The molecule has 0 aliphatic heterocycles. The maximum atomic E-state index is 12.5. The number of halogens is 3. The van der Waals surface area contributed by atoms with Gasteiger partial charge >= 0.3 is 6.18 Å². The Bertz CT molecular complexity index is 553. The van der Waals surface area contributed by atoms with Crippen LogP contribution < -0.4 is 5.73 Å². The van der Waals surface area contributed by atoms with Gasteiger partial charge < -0.3 is 5.73 Å². The fraction of sp³-hybridized carbons (Fsp3) is 0.154. The van der Waals surface area contributed by atoms with Crippen LogP contribution in [0, 0.1) is 0 Å². The minimum Gasteiger partial charge on any atom is -0.397 e. The molecule has 2 nitrogen and oxygen atoms in total. The molecule has 0 spiro atoms. The second kappa shape index (κ2) is 5.52. The summed E-state index contributed by atoms with van der Waals surface area (Å²) in [6.45, 7) is 0. The van der Waals surface area contributed by atoms with E-state index in [-0.39, 0.29) is 0 Å². The Morgan fingerprint density at radius 3 is 2.58 bits per heavy atom. The molecular formula is C13H11F3N2S. The molecular weight excluding hydrogens is 273 g/mol. The molecule has 0 unspecified atom stereocenters. The van der Waals surface area contributed by atoms with Gasteiger partial charge in [0.2, 0.25) is 0 Å². The van der Waals surface area contributed by atoms with Crippen LogP contribution in [0.1, 0.15) is 11.1 Å². The van der Waals surface area contributed by atoms with E-state index in [0.29, 0.717) is 17.0 Å². The van der Waals surface area contributed by atoms with E-state index < -0.39 is 11.7 Å². The summed E-state index contributed by atoms with van der Waals surface area (Å²) in [5.41, 5.74) is 6.04. The Morgan fingerprint density at radius 1 is 1.16 bits per heavy atom. The lowest BCUT2D eigenvalue weighted by molar-refractivity contribution is -0.137. The largest absolute Gasteiger partial charge is 0.416 e. The van der Waals surface area contributed by atoms with E-state index in [4.69, 9.17) is 5.73 Å². The molecule has 1 aromatic heterocycles. The number of hydrogen-bond acceptors (Lipinski definition) is 3. The van der Waals surface area contributed by atoms with Crippen LogP contribution in [0.2, 0.25) is 0 Å². The average Bonchev–Trinajstić information content (AvgIpc) is 2.37. The van der Waals surface area contributed by atoms with Crippen LogP contribution in [0.5, 0.6) is 0 Å². The lowest BCUT2D eigenvalue weighted by Gasteiger charge is -2.08. The van der Waals surface area contributed by atoms with Gasteiger partial charge in [-0.25, -0.2) is 4.98 Å². The number of nitrogen functional groups attached to an aromatic ring is 1. The van der Waals surface area contributed by atoms with Gasteiger partial charge in [-0.05, 0) is 23.8 Å². The predicted octanol–water partition coefficient (Wildman–Crippen LogP) is 3.97. The molecule has 19 heavy (non-hydrogen) atoms. The molecule has 2 N–H and O–H groups in total. The fourth-order valence-corrected chi connectivity index (χ4v) is 2.26. The Labute approximate surface area is 112 Å². The summed E-state index contributed by atoms with van der Waals surface area (Å²) in [6, 6.07) is 8.75. The molecule has 0 radical (unpaired) electrons. The molecule has 0 aliphatic rings. The Kier molecular flexibility index (Phi) is 3.99. The lowest BCUT2D eigenvalue weighted by atomic mass is 10.1. The zero-order valence-electron chi connectivity index (χ0n) is 9.82. The summed E-state index contributed by atoms with van der Waals surface area (Å²) >= 11 is 1.37. The highest BCUT2D eigenvalue weighted by Crippen LogP contribution is 2.31. The van der Waals surface area contributed by atoms with E-state index in [1.165, 1.54) is 24.0 Å². The maximum absolute atomic E-state index is 12.5. The molecule has 2 aromatic rings. The Balaban J connectivity index is 2.05. The van der Waals surface area contributed by atoms with E-state index in [1.807, 2.05) is 0 Å². The first-order valence-corrected chi connectivity index (χ1v) is 6.44. The molecule has 2 rings (SSSR count). The second-order valence-corrected chi connectivity index (χ2v) is 4.91. The van der Waals surface area contributed by atoms with Crippen molar-refractivity contribution >= 4 is 17.4 Å². The van der Waals surface area contributed by atoms with E-state index >= 15 is 0 Å². The zero-order valence-corrected chi connectivity index (χ0v) is 10.6. The Hall–Kier alpha value is -1.69. The van der Waals surface area contributed by atoms with Crippen LogP contribution in [0.15, 0.2) is 47.6 Å². The topological polar surface area (TPSA) is 38.9 Å². The second-order valence-electron chi connectivity index (χ2n) is 3.92. The number of thioether (sulfide) groups is 1. The Morgan fingerprint density at radius 2 is 1.95 bits per heavy atom. The fourth-order valence-electron chi connectivity index (χ4n) is 1.47. The molecule has 0 saturated carbocycles. The van der Waals surface area contributed by atoms with Gasteiger partial charge in [-0.2, -0.15) is 13.2 Å². The normalized spacial score (nSPS) is 11.5. The number of pyridine rings is 1. The van der Waals surface area contributed by atoms with Gasteiger partial charge in [0.05, 0.1) is 22.5 Å². The van der Waals surface area contributed by atoms with Gasteiger partial charge in [0.25, 0.3) is 0 Å². The van der Waals surface area contributed by atoms with Crippen LogP contribution in [0.4, 0.5) is 18.9 Å². The van der Waals surface area contributed by atoms with Crippen molar-refractivity contribution in [3.8, 4) is 0 Å². The highest BCUT2D eigenvalue weighted by Gasteiger charge is 2.30. The third-order valence-electron chi connectivity index (χ3n) is 2.40. The summed E-state index contributed by atoms with van der Waals surface area (Å²) in [4.78, 5) is 4.08. The number of nitrogens with zero attached hydrogens (tertiary/aromatic N) is 1. The highest BCUT2D eigenvalue weighted by molar-refractivity contribution is 7.98. The third-order valence-corrected chi connectivity index (χ3v) is 3.42. The molecule has 1 aromatic carbocycles. The lowest BCUT2D eigenvalue weighted by Crippen LogP contribution is -2.04. The van der Waals surface area contributed by atoms with Crippen LogP contribution in [0.25, 0.3) is 0 Å². The van der Waals surface area contributed by atoms with Gasteiger partial charge in [-0.15, -0.1) is 11.8 Å². The van der Waals surface area contributed by atoms with Crippen molar-refractivity contribution in [2.75, 3.05) is 5.73 Å². The molecule has 0 amide bonds. The molecule has 100 valence electrons. The summed E-state index contributed by atoms with van der Waals surface area (Å²) in [7, 11) is 0. The van der Waals surface area contributed by atoms with Gasteiger partial charge in [0.1, 0.15) is 0 Å². The molecule has 0 bridgehead atoms. The highest BCUT2D eigenvalue weighted by atomic mass is 32.2. The monoisotopic (exact) mass is 284 g/mol. The van der Waals surface area contributed by atoms with E-state index in [9.17, 15) is 13.2 Å². The molecule has 1 heterocycles. The number of nitrogens with two attached hydrogens (primary N) is 1. The average molecular weight is 284 g/mol. The van der Waals surface area contributed by atoms with Crippen LogP contribution in [-0.2, 0) is 11.9 Å². The van der Waals surface area contributed by atoms with Crippen molar-refractivity contribution in [2.24, 2.45) is 0 Å². The van der Waals surface area contributed by atoms with Gasteiger partial charge in [-0.1, -0.05) is 18.2 Å². The van der Waals surface area contributed by atoms with Crippen molar-refractivity contribution in [2.45, 2.75) is 17.0 Å². The molecule has 0 aliphatic carbocycles. The van der Waals surface area contributed by atoms with Crippen molar-refractivity contribution < 1.29 is 13.2 Å². The number of hydrogen-bond donors (Lipinski definition) is 1. The van der Waals surface area contributed by atoms with E-state index in [0.717, 1.165) is 17.2 Å². The van der Waals surface area contributed by atoms with Gasteiger partial charge in [-0.3, -0.25) is 0 Å². The number of anilines is 1. The first-order valence-electron chi connectivity index (χ1n) is 5.45. The van der Waals surface area contributed by atoms with Crippen LogP contribution in [0.3, 0.4) is 0 Å². The first kappa shape index (κ1) is 13.7. The predicted molar refractivity (Wildman–Crippen MR) is 69.7 cm³/mol. The number of rotatable bonds is 3. The van der Waals surface area contributed by atoms with Crippen molar-refractivity contribution in [3.63, 3.8) is 0 Å². The zero-order chi connectivity index (χ0) is 13.9. The van der Waals surface area contributed by atoms with Gasteiger partial charge in [0.15, 0.2) is 0 Å². The summed E-state index contributed by atoms with van der Waals surface area (Å²) < 4.78 is 37.6. The van der Waals surface area contributed by atoms with E-state index in [1.54, 1.807) is 18.2 Å². The molecule has 0 fully saturated rings. The number of benzene rings is 1. The van der Waals surface area contributed by atoms with Gasteiger partial charge in [0, 0.05) is 5.75 Å². The van der Waals surface area contributed by atoms with Crippen molar-refractivity contribution in [3.05, 3.63) is 53.7 Å². The van der Waals surface area contributed by atoms with Crippen LogP contribution >= 0.6 is 11.8 Å². The minimum absolute atomic E-state index is 0.431. The molecule has 0 saturated heterocycles. The molecule has 6 heteroatoms. The maximum Gasteiger partial charge on any atom is 0.416 e. The smallest absolute Gasteiger partial charge is 0.397 e.